The van der Waals surface area contributed by atoms with E-state index < -0.39 is 16.4 Å². The Morgan fingerprint density at radius 2 is 1.89 bits per heavy atom. The molecule has 1 unspecified atom stereocenters. The molecule has 2 aliphatic heterocycles. The maximum atomic E-state index is 12.8. The number of urea groups is 1. The Morgan fingerprint density at radius 3 is 2.66 bits per heavy atom. The van der Waals surface area contributed by atoms with Gasteiger partial charge in [-0.25, -0.2) is 9.78 Å². The second-order valence-corrected chi connectivity index (χ2v) is 12.2. The number of fused-ring (bicyclic) bond motifs is 1. The molecule has 38 heavy (non-hydrogen) atoms. The van der Waals surface area contributed by atoms with Gasteiger partial charge >= 0.3 is 16.1 Å². The number of hydrogen-bond donors (Lipinski definition) is 1. The number of anilines is 1. The quantitative estimate of drug-likeness (QED) is 0.427. The predicted molar refractivity (Wildman–Crippen MR) is 145 cm³/mol. The van der Waals surface area contributed by atoms with E-state index in [1.54, 1.807) is 23.5 Å². The SMILES string of the molecule is Cc1ccc(C)c(NC(=O)N2CCC(c3nc(C4OCc5cccc(OS(C)(=O)=O)c5CO4)cs3)CC2)c1. The van der Waals surface area contributed by atoms with Crippen molar-refractivity contribution in [1.82, 2.24) is 9.88 Å². The maximum absolute atomic E-state index is 12.8. The van der Waals surface area contributed by atoms with Gasteiger partial charge in [-0.3, -0.25) is 0 Å². The van der Waals surface area contributed by atoms with Crippen LogP contribution in [0.5, 0.6) is 5.75 Å². The maximum Gasteiger partial charge on any atom is 0.321 e. The molecule has 1 aromatic heterocycles. The van der Waals surface area contributed by atoms with Crippen LogP contribution >= 0.6 is 11.3 Å². The van der Waals surface area contributed by atoms with Crippen LogP contribution in [0.3, 0.4) is 0 Å². The van der Waals surface area contributed by atoms with Crippen molar-refractivity contribution >= 4 is 33.2 Å². The fourth-order valence-corrected chi connectivity index (χ4v) is 6.16. The largest absolute Gasteiger partial charge is 0.382 e. The van der Waals surface area contributed by atoms with E-state index in [0.29, 0.717) is 24.3 Å². The summed E-state index contributed by atoms with van der Waals surface area (Å²) in [6, 6.07) is 11.2. The molecule has 9 nitrogen and oxygen atoms in total. The number of piperidine rings is 1. The fourth-order valence-electron chi connectivity index (χ4n) is 4.69. The van der Waals surface area contributed by atoms with E-state index in [2.05, 4.69) is 5.32 Å². The van der Waals surface area contributed by atoms with Crippen molar-refractivity contribution < 1.29 is 26.9 Å². The van der Waals surface area contributed by atoms with E-state index in [0.717, 1.165) is 46.5 Å². The van der Waals surface area contributed by atoms with E-state index in [1.807, 2.05) is 48.4 Å². The Morgan fingerprint density at radius 1 is 1.13 bits per heavy atom. The highest BCUT2D eigenvalue weighted by Crippen LogP contribution is 2.36. The minimum Gasteiger partial charge on any atom is -0.382 e. The topological polar surface area (TPSA) is 107 Å². The van der Waals surface area contributed by atoms with Crippen molar-refractivity contribution in [2.75, 3.05) is 24.7 Å². The fraction of sp³-hybridized carbons (Fsp3) is 0.407. The number of nitrogens with zero attached hydrogens (tertiary/aromatic N) is 2. The summed E-state index contributed by atoms with van der Waals surface area (Å²) < 4.78 is 40.4. The number of thiazole rings is 1. The molecule has 0 saturated carbocycles. The lowest BCUT2D eigenvalue weighted by atomic mass is 9.98. The Kier molecular flexibility index (Phi) is 7.71. The third kappa shape index (κ3) is 6.17. The van der Waals surface area contributed by atoms with Gasteiger partial charge in [-0.15, -0.1) is 11.3 Å². The molecule has 3 aromatic rings. The van der Waals surface area contributed by atoms with Gasteiger partial charge in [0.1, 0.15) is 11.4 Å². The van der Waals surface area contributed by atoms with Gasteiger partial charge in [-0.2, -0.15) is 8.42 Å². The zero-order valence-corrected chi connectivity index (χ0v) is 23.2. The molecule has 0 spiro atoms. The number of hydrogen-bond acceptors (Lipinski definition) is 8. The first-order valence-electron chi connectivity index (χ1n) is 12.5. The summed E-state index contributed by atoms with van der Waals surface area (Å²) >= 11 is 1.57. The van der Waals surface area contributed by atoms with Gasteiger partial charge in [0.2, 0.25) is 6.29 Å². The summed E-state index contributed by atoms with van der Waals surface area (Å²) in [6.07, 6.45) is 2.01. The summed E-state index contributed by atoms with van der Waals surface area (Å²) in [5, 5.41) is 6.00. The third-order valence-electron chi connectivity index (χ3n) is 6.79. The molecule has 3 heterocycles. The van der Waals surface area contributed by atoms with Crippen molar-refractivity contribution in [3.8, 4) is 5.75 Å². The Balaban J connectivity index is 1.18. The molecule has 0 aliphatic carbocycles. The van der Waals surface area contributed by atoms with Gasteiger partial charge in [0.25, 0.3) is 0 Å². The number of carbonyl (C=O) groups excluding carboxylic acids is 1. The molecule has 2 aromatic carbocycles. The first kappa shape index (κ1) is 26.6. The van der Waals surface area contributed by atoms with Crippen molar-refractivity contribution in [1.29, 1.82) is 0 Å². The molecule has 1 atom stereocenters. The molecule has 5 rings (SSSR count). The molecular weight excluding hydrogens is 526 g/mol. The number of rotatable bonds is 5. The summed E-state index contributed by atoms with van der Waals surface area (Å²) in [5.41, 5.74) is 5.16. The van der Waals surface area contributed by atoms with Gasteiger partial charge < -0.3 is 23.9 Å². The first-order chi connectivity index (χ1) is 18.2. The predicted octanol–water partition coefficient (Wildman–Crippen LogP) is 5.26. The smallest absolute Gasteiger partial charge is 0.321 e. The second kappa shape index (κ2) is 11.0. The molecular formula is C27H31N3O6S2. The molecule has 0 bridgehead atoms. The minimum atomic E-state index is -3.66. The zero-order valence-electron chi connectivity index (χ0n) is 21.6. The molecule has 2 amide bonds. The van der Waals surface area contributed by atoms with Crippen LogP contribution < -0.4 is 9.50 Å². The molecule has 11 heteroatoms. The standard InChI is InChI=1S/C27H31N3O6S2/c1-17-7-8-18(2)22(13-17)29-27(31)30-11-9-19(10-12-30)25-28-23(16-37-25)26-34-14-20-5-4-6-24(21(20)15-35-26)36-38(3,32)33/h4-8,13,16,19,26H,9-12,14-15H2,1-3H3,(H,29,31). The number of benzene rings is 2. The number of aromatic nitrogens is 1. The number of likely N-dealkylation sites (tertiary alicyclic amines) is 1. The number of carbonyl (C=O) groups is 1. The lowest BCUT2D eigenvalue weighted by molar-refractivity contribution is -0.155. The van der Waals surface area contributed by atoms with Crippen LogP contribution in [-0.2, 0) is 32.8 Å². The van der Waals surface area contributed by atoms with Crippen molar-refractivity contribution in [2.45, 2.75) is 52.1 Å². The van der Waals surface area contributed by atoms with Crippen LogP contribution in [0.15, 0.2) is 41.8 Å². The number of nitrogens with one attached hydrogen (secondary N) is 1. The van der Waals surface area contributed by atoms with E-state index >= 15 is 0 Å². The van der Waals surface area contributed by atoms with Crippen LogP contribution in [0.25, 0.3) is 0 Å². The van der Waals surface area contributed by atoms with Crippen LogP contribution in [0, 0.1) is 13.8 Å². The second-order valence-electron chi connectivity index (χ2n) is 9.76. The lowest BCUT2D eigenvalue weighted by Gasteiger charge is -2.31. The average molecular weight is 558 g/mol. The molecule has 1 fully saturated rings. The Labute approximate surface area is 226 Å². The van der Waals surface area contributed by atoms with Gasteiger partial charge in [0.05, 0.1) is 24.5 Å². The zero-order chi connectivity index (χ0) is 26.9. The van der Waals surface area contributed by atoms with E-state index in [-0.39, 0.29) is 30.9 Å². The van der Waals surface area contributed by atoms with Crippen molar-refractivity contribution in [2.24, 2.45) is 0 Å². The van der Waals surface area contributed by atoms with Crippen molar-refractivity contribution in [3.63, 3.8) is 0 Å². The summed E-state index contributed by atoms with van der Waals surface area (Å²) in [7, 11) is -3.66. The monoisotopic (exact) mass is 557 g/mol. The van der Waals surface area contributed by atoms with Gasteiger partial charge in [-0.1, -0.05) is 24.3 Å². The third-order valence-corrected chi connectivity index (χ3v) is 8.30. The number of amides is 2. The highest BCUT2D eigenvalue weighted by molar-refractivity contribution is 7.86. The number of aryl methyl sites for hydroxylation is 2. The van der Waals surface area contributed by atoms with Gasteiger partial charge in [0.15, 0.2) is 0 Å². The van der Waals surface area contributed by atoms with Gasteiger partial charge in [-0.05, 0) is 55.5 Å². The molecule has 2 aliphatic rings. The Hall–Kier alpha value is -2.99. The van der Waals surface area contributed by atoms with E-state index in [1.165, 1.54) is 0 Å². The van der Waals surface area contributed by atoms with Crippen LogP contribution in [0.4, 0.5) is 10.5 Å². The summed E-state index contributed by atoms with van der Waals surface area (Å²) in [4.78, 5) is 19.5. The van der Waals surface area contributed by atoms with E-state index in [9.17, 15) is 13.2 Å². The molecule has 1 saturated heterocycles. The normalized spacial score (nSPS) is 18.5. The Bertz CT molecular complexity index is 1430. The molecule has 0 radical (unpaired) electrons. The van der Waals surface area contributed by atoms with Crippen LogP contribution in [-0.4, -0.2) is 43.7 Å². The van der Waals surface area contributed by atoms with Crippen LogP contribution in [0.1, 0.15) is 58.0 Å². The van der Waals surface area contributed by atoms with Crippen LogP contribution in [0.2, 0.25) is 0 Å². The summed E-state index contributed by atoms with van der Waals surface area (Å²) in [6.45, 7) is 5.71. The molecule has 202 valence electrons. The first-order valence-corrected chi connectivity index (χ1v) is 15.2. The molecule has 1 N–H and O–H groups in total. The average Bonchev–Trinajstić information content (AvgIpc) is 3.26. The highest BCUT2D eigenvalue weighted by Gasteiger charge is 2.29. The summed E-state index contributed by atoms with van der Waals surface area (Å²) in [5.74, 6) is 0.512. The lowest BCUT2D eigenvalue weighted by Crippen LogP contribution is -2.40. The van der Waals surface area contributed by atoms with E-state index in [4.69, 9.17) is 18.6 Å². The van der Waals surface area contributed by atoms with Crippen molar-refractivity contribution in [3.05, 3.63) is 74.7 Å². The van der Waals surface area contributed by atoms with Gasteiger partial charge in [0, 0.05) is 35.6 Å². The minimum absolute atomic E-state index is 0.0731. The number of ether oxygens (including phenoxy) is 2. The highest BCUT2D eigenvalue weighted by atomic mass is 32.2.